The second-order valence-electron chi connectivity index (χ2n) is 7.59. The molecule has 0 aromatic carbocycles. The largest absolute Gasteiger partial charge is 0.362 e. The van der Waals surface area contributed by atoms with Crippen LogP contribution < -0.4 is 5.32 Å². The Kier molecular flexibility index (Phi) is 4.49. The highest BCUT2D eigenvalue weighted by molar-refractivity contribution is 7.03. The summed E-state index contributed by atoms with van der Waals surface area (Å²) < 4.78 is 10.0. The number of amides is 2. The van der Waals surface area contributed by atoms with E-state index in [1.807, 2.05) is 4.90 Å². The number of hydrogen-bond donors (Lipinski definition) is 1. The first-order valence-corrected chi connectivity index (χ1v) is 9.93. The van der Waals surface area contributed by atoms with Crippen LogP contribution in [0, 0.1) is 11.8 Å². The molecule has 1 saturated carbocycles. The Bertz CT molecular complexity index is 648. The van der Waals surface area contributed by atoms with Gasteiger partial charge in [0, 0.05) is 30.9 Å². The molecule has 1 aromatic heterocycles. The summed E-state index contributed by atoms with van der Waals surface area (Å²) in [7, 11) is 0. The summed E-state index contributed by atoms with van der Waals surface area (Å²) in [5, 5.41) is 8.58. The van der Waals surface area contributed by atoms with E-state index in [1.165, 1.54) is 24.4 Å². The third kappa shape index (κ3) is 3.42. The van der Waals surface area contributed by atoms with E-state index in [0.717, 1.165) is 25.8 Å². The van der Waals surface area contributed by atoms with Crippen LogP contribution in [0.2, 0.25) is 0 Å². The fraction of sp³-hybridized carbons (Fsp3) is 0.765. The van der Waals surface area contributed by atoms with E-state index in [4.69, 9.17) is 4.74 Å². The average Bonchev–Trinajstić information content (AvgIpc) is 3.11. The highest BCUT2D eigenvalue weighted by Crippen LogP contribution is 2.42. The smallest absolute Gasteiger partial charge is 0.275 e. The molecular weight excluding hydrogens is 340 g/mol. The first kappa shape index (κ1) is 16.9. The van der Waals surface area contributed by atoms with Crippen molar-refractivity contribution in [3.63, 3.8) is 0 Å². The van der Waals surface area contributed by atoms with Crippen LogP contribution in [0.5, 0.6) is 0 Å². The van der Waals surface area contributed by atoms with Gasteiger partial charge in [0.2, 0.25) is 5.91 Å². The molecule has 2 amide bonds. The third-order valence-electron chi connectivity index (χ3n) is 5.82. The lowest BCUT2D eigenvalue weighted by atomic mass is 9.80. The first-order chi connectivity index (χ1) is 12.1. The predicted octanol–water partition coefficient (Wildman–Crippen LogP) is 1.46. The summed E-state index contributed by atoms with van der Waals surface area (Å²) in [5.41, 5.74) is 0.136. The van der Waals surface area contributed by atoms with Gasteiger partial charge in [0.05, 0.1) is 5.60 Å². The second kappa shape index (κ2) is 6.64. The molecule has 3 heterocycles. The summed E-state index contributed by atoms with van der Waals surface area (Å²) in [6.45, 7) is 4.16. The molecule has 3 aliphatic rings. The van der Waals surface area contributed by atoms with Crippen molar-refractivity contribution < 1.29 is 14.3 Å². The average molecular weight is 364 g/mol. The van der Waals surface area contributed by atoms with E-state index in [-0.39, 0.29) is 29.4 Å². The molecule has 2 aliphatic heterocycles. The SMILES string of the molecule is CC1CN(C(=O)c2csnn2)CCC12CCC(C(=O)NCC1CC1)O2. The number of carbonyl (C=O) groups excluding carboxylic acids is 2. The van der Waals surface area contributed by atoms with E-state index >= 15 is 0 Å². The van der Waals surface area contributed by atoms with Crippen molar-refractivity contribution in [3.8, 4) is 0 Å². The van der Waals surface area contributed by atoms with Gasteiger partial charge in [-0.1, -0.05) is 11.4 Å². The molecule has 4 rings (SSSR count). The molecule has 2 saturated heterocycles. The second-order valence-corrected chi connectivity index (χ2v) is 8.20. The number of rotatable bonds is 4. The number of hydrogen-bond acceptors (Lipinski definition) is 6. The van der Waals surface area contributed by atoms with Gasteiger partial charge in [-0.3, -0.25) is 9.59 Å². The van der Waals surface area contributed by atoms with Gasteiger partial charge in [-0.25, -0.2) is 0 Å². The highest BCUT2D eigenvalue weighted by Gasteiger charge is 2.49. The molecule has 8 heteroatoms. The van der Waals surface area contributed by atoms with E-state index in [2.05, 4.69) is 21.8 Å². The molecule has 1 spiro atoms. The summed E-state index contributed by atoms with van der Waals surface area (Å²) in [6, 6.07) is 0. The summed E-state index contributed by atoms with van der Waals surface area (Å²) in [5.74, 6) is 0.834. The van der Waals surface area contributed by atoms with E-state index in [1.54, 1.807) is 5.38 Å². The molecule has 3 fully saturated rings. The van der Waals surface area contributed by atoms with Gasteiger partial charge in [0.15, 0.2) is 5.69 Å². The molecule has 0 radical (unpaired) electrons. The minimum atomic E-state index is -0.341. The zero-order chi connectivity index (χ0) is 17.4. The molecule has 3 atom stereocenters. The highest BCUT2D eigenvalue weighted by atomic mass is 32.1. The molecule has 0 bridgehead atoms. The first-order valence-electron chi connectivity index (χ1n) is 9.09. The molecule has 1 aliphatic carbocycles. The molecule has 25 heavy (non-hydrogen) atoms. The van der Waals surface area contributed by atoms with Crippen LogP contribution in [0.1, 0.15) is 49.5 Å². The lowest BCUT2D eigenvalue weighted by molar-refractivity contribution is -0.146. The number of ether oxygens (including phenoxy) is 1. The van der Waals surface area contributed by atoms with Gasteiger partial charge in [-0.15, -0.1) is 5.10 Å². The molecule has 1 N–H and O–H groups in total. The minimum absolute atomic E-state index is 0.0306. The Morgan fingerprint density at radius 2 is 2.24 bits per heavy atom. The number of carbonyl (C=O) groups is 2. The van der Waals surface area contributed by atoms with E-state index < -0.39 is 0 Å². The normalized spacial score (nSPS) is 32.1. The minimum Gasteiger partial charge on any atom is -0.362 e. The maximum atomic E-state index is 12.5. The van der Waals surface area contributed by atoms with Crippen molar-refractivity contribution in [3.05, 3.63) is 11.1 Å². The Balaban J connectivity index is 1.34. The Hall–Kier alpha value is -1.54. The zero-order valence-electron chi connectivity index (χ0n) is 14.4. The standard InChI is InChI=1S/C17H24N4O3S/c1-11-9-21(16(23)13-10-25-20-19-13)7-6-17(11)5-4-14(24-17)15(22)18-8-12-2-3-12/h10-12,14H,2-9H2,1H3,(H,18,22). The molecule has 1 aromatic rings. The number of piperidine rings is 1. The van der Waals surface area contributed by atoms with Gasteiger partial charge in [-0.2, -0.15) is 0 Å². The molecule has 136 valence electrons. The lowest BCUT2D eigenvalue weighted by Crippen LogP contribution is -2.53. The Labute approximate surface area is 151 Å². The van der Waals surface area contributed by atoms with Gasteiger partial charge in [-0.05, 0) is 49.6 Å². The van der Waals surface area contributed by atoms with Crippen molar-refractivity contribution in [2.45, 2.75) is 50.7 Å². The molecular formula is C17H24N4O3S. The fourth-order valence-electron chi connectivity index (χ4n) is 3.95. The van der Waals surface area contributed by atoms with Crippen LogP contribution >= 0.6 is 11.5 Å². The van der Waals surface area contributed by atoms with Crippen molar-refractivity contribution >= 4 is 23.3 Å². The van der Waals surface area contributed by atoms with Gasteiger partial charge in [0.1, 0.15) is 6.10 Å². The van der Waals surface area contributed by atoms with E-state index in [0.29, 0.717) is 24.7 Å². The van der Waals surface area contributed by atoms with E-state index in [9.17, 15) is 9.59 Å². The van der Waals surface area contributed by atoms with Gasteiger partial charge >= 0.3 is 0 Å². The topological polar surface area (TPSA) is 84.4 Å². The number of nitrogens with zero attached hydrogens (tertiary/aromatic N) is 3. The fourth-order valence-corrected chi connectivity index (χ4v) is 4.38. The summed E-state index contributed by atoms with van der Waals surface area (Å²) >= 11 is 1.19. The van der Waals surface area contributed by atoms with Crippen LogP contribution in [-0.2, 0) is 9.53 Å². The van der Waals surface area contributed by atoms with Gasteiger partial charge < -0.3 is 15.0 Å². The zero-order valence-corrected chi connectivity index (χ0v) is 15.3. The lowest BCUT2D eigenvalue weighted by Gasteiger charge is -2.43. The third-order valence-corrected chi connectivity index (χ3v) is 6.33. The summed E-state index contributed by atoms with van der Waals surface area (Å²) in [6.07, 6.45) is 4.53. The molecule has 7 nitrogen and oxygen atoms in total. The predicted molar refractivity (Wildman–Crippen MR) is 92.2 cm³/mol. The quantitative estimate of drug-likeness (QED) is 0.874. The van der Waals surface area contributed by atoms with Crippen molar-refractivity contribution in [1.82, 2.24) is 19.8 Å². The Morgan fingerprint density at radius 1 is 1.40 bits per heavy atom. The molecule has 3 unspecified atom stereocenters. The maximum absolute atomic E-state index is 12.5. The number of likely N-dealkylation sites (tertiary alicyclic amines) is 1. The van der Waals surface area contributed by atoms with Crippen molar-refractivity contribution in [2.75, 3.05) is 19.6 Å². The maximum Gasteiger partial charge on any atom is 0.275 e. The number of nitrogens with one attached hydrogen (secondary N) is 1. The monoisotopic (exact) mass is 364 g/mol. The van der Waals surface area contributed by atoms with Crippen LogP contribution in [0.3, 0.4) is 0 Å². The van der Waals surface area contributed by atoms with Crippen LogP contribution in [-0.4, -0.2) is 57.6 Å². The van der Waals surface area contributed by atoms with Gasteiger partial charge in [0.25, 0.3) is 5.91 Å². The van der Waals surface area contributed by atoms with Crippen molar-refractivity contribution in [1.29, 1.82) is 0 Å². The van der Waals surface area contributed by atoms with Crippen LogP contribution in [0.15, 0.2) is 5.38 Å². The summed E-state index contributed by atoms with van der Waals surface area (Å²) in [4.78, 5) is 26.6. The van der Waals surface area contributed by atoms with Crippen LogP contribution in [0.25, 0.3) is 0 Å². The number of aromatic nitrogens is 2. The van der Waals surface area contributed by atoms with Crippen molar-refractivity contribution in [2.24, 2.45) is 11.8 Å². The van der Waals surface area contributed by atoms with Crippen LogP contribution in [0.4, 0.5) is 0 Å². The Morgan fingerprint density at radius 3 is 2.92 bits per heavy atom.